The molecular weight excluding hydrogens is 349 g/mol. The van der Waals surface area contributed by atoms with Crippen LogP contribution < -0.4 is 0 Å². The summed E-state index contributed by atoms with van der Waals surface area (Å²) in [5.74, 6) is 0.0291. The second-order valence-corrected chi connectivity index (χ2v) is 7.03. The normalized spacial score (nSPS) is 20.3. The highest BCUT2D eigenvalue weighted by atomic mass is 35.5. The molecule has 24 heavy (non-hydrogen) atoms. The number of halogens is 2. The molecule has 0 bridgehead atoms. The van der Waals surface area contributed by atoms with E-state index in [0.717, 1.165) is 65.6 Å². The zero-order chi connectivity index (χ0) is 16.9. The number of morpholine rings is 1. The molecule has 7 heteroatoms. The maximum Gasteiger partial charge on any atom is 0.253 e. The fraction of sp³-hybridized carbons (Fsp3) is 0.588. The summed E-state index contributed by atoms with van der Waals surface area (Å²) in [7, 11) is 0. The monoisotopic (exact) mass is 371 g/mol. The van der Waals surface area contributed by atoms with Crippen molar-refractivity contribution in [2.75, 3.05) is 65.6 Å². The maximum absolute atomic E-state index is 12.6. The molecule has 0 atom stereocenters. The van der Waals surface area contributed by atoms with E-state index in [4.69, 9.17) is 27.9 Å². The van der Waals surface area contributed by atoms with Crippen LogP contribution in [0.5, 0.6) is 0 Å². The Morgan fingerprint density at radius 2 is 1.54 bits per heavy atom. The lowest BCUT2D eigenvalue weighted by atomic mass is 10.2. The van der Waals surface area contributed by atoms with Gasteiger partial charge < -0.3 is 9.64 Å². The van der Waals surface area contributed by atoms with Crippen LogP contribution in [-0.4, -0.2) is 86.2 Å². The van der Waals surface area contributed by atoms with Crippen molar-refractivity contribution >= 4 is 29.1 Å². The standard InChI is InChI=1S/C17H23Cl2N3O2/c18-15-2-1-14(13-16(15)19)17(23)22-7-5-20(6-8-22)3-4-21-9-11-24-12-10-21/h1-2,13H,3-12H2. The van der Waals surface area contributed by atoms with Crippen molar-refractivity contribution in [3.05, 3.63) is 33.8 Å². The number of carbonyl (C=O) groups is 1. The minimum absolute atomic E-state index is 0.0291. The first-order valence-electron chi connectivity index (χ1n) is 8.40. The van der Waals surface area contributed by atoms with E-state index in [1.54, 1.807) is 18.2 Å². The van der Waals surface area contributed by atoms with Crippen molar-refractivity contribution < 1.29 is 9.53 Å². The number of ether oxygens (including phenoxy) is 1. The number of carbonyl (C=O) groups excluding carboxylic acids is 1. The van der Waals surface area contributed by atoms with Crippen LogP contribution in [0.4, 0.5) is 0 Å². The molecule has 0 unspecified atom stereocenters. The van der Waals surface area contributed by atoms with Gasteiger partial charge in [0.15, 0.2) is 0 Å². The van der Waals surface area contributed by atoms with Crippen LogP contribution in [-0.2, 0) is 4.74 Å². The molecule has 0 aromatic heterocycles. The molecule has 132 valence electrons. The van der Waals surface area contributed by atoms with Gasteiger partial charge in [-0.3, -0.25) is 14.6 Å². The highest BCUT2D eigenvalue weighted by molar-refractivity contribution is 6.42. The molecule has 0 aliphatic carbocycles. The highest BCUT2D eigenvalue weighted by Gasteiger charge is 2.23. The summed E-state index contributed by atoms with van der Waals surface area (Å²) in [5.41, 5.74) is 0.603. The van der Waals surface area contributed by atoms with E-state index in [1.807, 2.05) is 4.90 Å². The number of amides is 1. The summed E-state index contributed by atoms with van der Waals surface area (Å²) in [4.78, 5) is 19.3. The van der Waals surface area contributed by atoms with Crippen LogP contribution in [0.3, 0.4) is 0 Å². The Morgan fingerprint density at radius 1 is 0.917 bits per heavy atom. The summed E-state index contributed by atoms with van der Waals surface area (Å²) in [5, 5.41) is 0.896. The van der Waals surface area contributed by atoms with Crippen molar-refractivity contribution in [2.45, 2.75) is 0 Å². The lowest BCUT2D eigenvalue weighted by Crippen LogP contribution is -2.51. The third-order valence-corrected chi connectivity index (χ3v) is 5.40. The lowest BCUT2D eigenvalue weighted by molar-refractivity contribution is 0.0293. The Hall–Kier alpha value is -0.850. The van der Waals surface area contributed by atoms with E-state index >= 15 is 0 Å². The van der Waals surface area contributed by atoms with Gasteiger partial charge in [0.25, 0.3) is 5.91 Å². The third kappa shape index (κ3) is 4.61. The minimum atomic E-state index is 0.0291. The van der Waals surface area contributed by atoms with Gasteiger partial charge in [-0.15, -0.1) is 0 Å². The zero-order valence-electron chi connectivity index (χ0n) is 13.7. The number of piperazine rings is 1. The Bertz CT molecular complexity index is 571. The van der Waals surface area contributed by atoms with E-state index in [9.17, 15) is 4.79 Å². The fourth-order valence-corrected chi connectivity index (χ4v) is 3.39. The second-order valence-electron chi connectivity index (χ2n) is 6.22. The van der Waals surface area contributed by atoms with Gasteiger partial charge >= 0.3 is 0 Å². The molecule has 2 fully saturated rings. The molecule has 0 spiro atoms. The number of hydrogen-bond donors (Lipinski definition) is 0. The Kier molecular flexibility index (Phi) is 6.36. The van der Waals surface area contributed by atoms with Gasteiger partial charge in [-0.2, -0.15) is 0 Å². The molecule has 2 saturated heterocycles. The summed E-state index contributed by atoms with van der Waals surface area (Å²) < 4.78 is 5.37. The summed E-state index contributed by atoms with van der Waals surface area (Å²) in [6.45, 7) is 9.18. The van der Waals surface area contributed by atoms with E-state index in [-0.39, 0.29) is 5.91 Å². The minimum Gasteiger partial charge on any atom is -0.379 e. The van der Waals surface area contributed by atoms with Crippen LogP contribution >= 0.6 is 23.2 Å². The zero-order valence-corrected chi connectivity index (χ0v) is 15.2. The molecule has 1 aromatic rings. The lowest BCUT2D eigenvalue weighted by Gasteiger charge is -2.36. The number of rotatable bonds is 4. The third-order valence-electron chi connectivity index (χ3n) is 4.66. The maximum atomic E-state index is 12.6. The van der Waals surface area contributed by atoms with Gasteiger partial charge in [0.2, 0.25) is 0 Å². The summed E-state index contributed by atoms with van der Waals surface area (Å²) >= 11 is 11.9. The molecular formula is C17H23Cl2N3O2. The quantitative estimate of drug-likeness (QED) is 0.811. The van der Waals surface area contributed by atoms with Gasteiger partial charge in [-0.25, -0.2) is 0 Å². The van der Waals surface area contributed by atoms with E-state index in [0.29, 0.717) is 15.6 Å². The Labute approximate surface area is 153 Å². The average Bonchev–Trinajstić information content (AvgIpc) is 2.63. The van der Waals surface area contributed by atoms with Crippen molar-refractivity contribution in [1.82, 2.24) is 14.7 Å². The predicted molar refractivity (Wildman–Crippen MR) is 96.1 cm³/mol. The topological polar surface area (TPSA) is 36.0 Å². The molecule has 5 nitrogen and oxygen atoms in total. The molecule has 2 aliphatic heterocycles. The Morgan fingerprint density at radius 3 is 2.17 bits per heavy atom. The molecule has 0 radical (unpaired) electrons. The van der Waals surface area contributed by atoms with Gasteiger partial charge in [-0.05, 0) is 18.2 Å². The molecule has 2 heterocycles. The van der Waals surface area contributed by atoms with Crippen molar-refractivity contribution in [3.63, 3.8) is 0 Å². The molecule has 2 aliphatic rings. The predicted octanol–water partition coefficient (Wildman–Crippen LogP) is 2.08. The first-order chi connectivity index (χ1) is 11.6. The SMILES string of the molecule is O=C(c1ccc(Cl)c(Cl)c1)N1CCN(CCN2CCOCC2)CC1. The van der Waals surface area contributed by atoms with E-state index < -0.39 is 0 Å². The van der Waals surface area contributed by atoms with Crippen molar-refractivity contribution in [1.29, 1.82) is 0 Å². The first kappa shape index (κ1) is 18.0. The molecule has 3 rings (SSSR count). The summed E-state index contributed by atoms with van der Waals surface area (Å²) in [6.07, 6.45) is 0. The van der Waals surface area contributed by atoms with Crippen LogP contribution in [0, 0.1) is 0 Å². The smallest absolute Gasteiger partial charge is 0.253 e. The molecule has 1 aromatic carbocycles. The van der Waals surface area contributed by atoms with Gasteiger partial charge in [0.05, 0.1) is 23.3 Å². The molecule has 1 amide bonds. The van der Waals surface area contributed by atoms with Gasteiger partial charge in [-0.1, -0.05) is 23.2 Å². The summed E-state index contributed by atoms with van der Waals surface area (Å²) in [6, 6.07) is 5.06. The van der Waals surface area contributed by atoms with Crippen LogP contribution in [0.2, 0.25) is 10.0 Å². The van der Waals surface area contributed by atoms with E-state index in [1.165, 1.54) is 0 Å². The molecule has 0 N–H and O–H groups in total. The van der Waals surface area contributed by atoms with Crippen LogP contribution in [0.15, 0.2) is 18.2 Å². The van der Waals surface area contributed by atoms with E-state index in [2.05, 4.69) is 9.80 Å². The number of benzene rings is 1. The van der Waals surface area contributed by atoms with Crippen molar-refractivity contribution in [2.24, 2.45) is 0 Å². The molecule has 0 saturated carbocycles. The van der Waals surface area contributed by atoms with Gasteiger partial charge in [0.1, 0.15) is 0 Å². The van der Waals surface area contributed by atoms with Crippen LogP contribution in [0.25, 0.3) is 0 Å². The highest BCUT2D eigenvalue weighted by Crippen LogP contribution is 2.23. The van der Waals surface area contributed by atoms with Crippen molar-refractivity contribution in [3.8, 4) is 0 Å². The average molecular weight is 372 g/mol. The van der Waals surface area contributed by atoms with Gasteiger partial charge in [0, 0.05) is 57.9 Å². The van der Waals surface area contributed by atoms with Crippen LogP contribution in [0.1, 0.15) is 10.4 Å². The largest absolute Gasteiger partial charge is 0.379 e. The Balaban J connectivity index is 1.45. The second kappa shape index (κ2) is 8.50. The fourth-order valence-electron chi connectivity index (χ4n) is 3.09. The number of hydrogen-bond acceptors (Lipinski definition) is 4. The first-order valence-corrected chi connectivity index (χ1v) is 9.16. The number of nitrogens with zero attached hydrogens (tertiary/aromatic N) is 3.